The van der Waals surface area contributed by atoms with E-state index in [2.05, 4.69) is 5.32 Å². The van der Waals surface area contributed by atoms with Crippen LogP contribution in [0.3, 0.4) is 0 Å². The van der Waals surface area contributed by atoms with E-state index >= 15 is 0 Å². The lowest BCUT2D eigenvalue weighted by atomic mass is 10.2. The quantitative estimate of drug-likeness (QED) is 0.870. The highest BCUT2D eigenvalue weighted by Gasteiger charge is 2.00. The maximum Gasteiger partial charge on any atom is 0.141 e. The van der Waals surface area contributed by atoms with Gasteiger partial charge in [-0.2, -0.15) is 0 Å². The van der Waals surface area contributed by atoms with Crippen LogP contribution in [-0.2, 0) is 6.54 Å². The molecule has 0 aromatic heterocycles. The van der Waals surface area contributed by atoms with Gasteiger partial charge in [0.25, 0.3) is 0 Å². The normalized spacial score (nSPS) is 10.0. The number of hydrogen-bond acceptors (Lipinski definition) is 2. The molecule has 0 atom stereocenters. The van der Waals surface area contributed by atoms with Crippen molar-refractivity contribution >= 4 is 5.69 Å². The Kier molecular flexibility index (Phi) is 3.60. The molecule has 3 heteroatoms. The number of benzene rings is 2. The fourth-order valence-electron chi connectivity index (χ4n) is 1.59. The highest BCUT2D eigenvalue weighted by atomic mass is 19.1. The van der Waals surface area contributed by atoms with Gasteiger partial charge >= 0.3 is 0 Å². The number of halogens is 1. The van der Waals surface area contributed by atoms with Gasteiger partial charge in [-0.25, -0.2) is 4.39 Å². The zero-order valence-electron chi connectivity index (χ0n) is 9.61. The fraction of sp³-hybridized carbons (Fsp3) is 0.143. The van der Waals surface area contributed by atoms with Gasteiger partial charge in [-0.3, -0.25) is 0 Å². The first-order valence-corrected chi connectivity index (χ1v) is 5.41. The summed E-state index contributed by atoms with van der Waals surface area (Å²) >= 11 is 0. The van der Waals surface area contributed by atoms with Crippen LogP contribution in [0.15, 0.2) is 48.5 Å². The number of methoxy groups -OCH3 is 1. The lowest BCUT2D eigenvalue weighted by molar-refractivity contribution is 0.416. The van der Waals surface area contributed by atoms with E-state index in [1.807, 2.05) is 24.3 Å². The molecule has 0 aliphatic heterocycles. The molecule has 2 aromatic rings. The van der Waals surface area contributed by atoms with Crippen molar-refractivity contribution in [1.29, 1.82) is 0 Å². The molecule has 0 spiro atoms. The molecule has 0 amide bonds. The molecule has 2 rings (SSSR count). The molecule has 0 bridgehead atoms. The second kappa shape index (κ2) is 5.34. The lowest BCUT2D eigenvalue weighted by Gasteiger charge is -2.10. The third kappa shape index (κ3) is 2.97. The zero-order valence-corrected chi connectivity index (χ0v) is 9.61. The average Bonchev–Trinajstić information content (AvgIpc) is 2.38. The second-order valence-electron chi connectivity index (χ2n) is 3.68. The molecule has 0 saturated heterocycles. The highest BCUT2D eigenvalue weighted by Crippen LogP contribution is 2.23. The van der Waals surface area contributed by atoms with E-state index in [-0.39, 0.29) is 5.82 Å². The zero-order chi connectivity index (χ0) is 12.1. The minimum atomic E-state index is -0.217. The summed E-state index contributed by atoms with van der Waals surface area (Å²) in [7, 11) is 1.64. The first-order chi connectivity index (χ1) is 8.29. The smallest absolute Gasteiger partial charge is 0.141 e. The third-order valence-electron chi connectivity index (χ3n) is 2.50. The first-order valence-electron chi connectivity index (χ1n) is 5.41. The summed E-state index contributed by atoms with van der Waals surface area (Å²) in [4.78, 5) is 0. The molecule has 0 heterocycles. The fourth-order valence-corrected chi connectivity index (χ4v) is 1.59. The molecular formula is C14H14FNO. The van der Waals surface area contributed by atoms with E-state index in [1.54, 1.807) is 19.2 Å². The van der Waals surface area contributed by atoms with Crippen molar-refractivity contribution in [3.63, 3.8) is 0 Å². The van der Waals surface area contributed by atoms with E-state index in [0.29, 0.717) is 6.54 Å². The largest absolute Gasteiger partial charge is 0.495 e. The Morgan fingerprint density at radius 2 is 1.76 bits per heavy atom. The Bertz CT molecular complexity index is 482. The van der Waals surface area contributed by atoms with E-state index in [4.69, 9.17) is 4.74 Å². The van der Waals surface area contributed by atoms with Crippen molar-refractivity contribution in [3.8, 4) is 5.75 Å². The van der Waals surface area contributed by atoms with Gasteiger partial charge in [0.2, 0.25) is 0 Å². The minimum absolute atomic E-state index is 0.217. The Balaban J connectivity index is 2.04. The SMILES string of the molecule is COc1ccccc1NCc1ccc(F)cc1. The molecule has 0 aliphatic carbocycles. The van der Waals surface area contributed by atoms with Gasteiger partial charge in [0, 0.05) is 6.54 Å². The summed E-state index contributed by atoms with van der Waals surface area (Å²) in [6.07, 6.45) is 0. The van der Waals surface area contributed by atoms with Crippen molar-refractivity contribution in [2.24, 2.45) is 0 Å². The molecule has 0 radical (unpaired) electrons. The predicted molar refractivity (Wildman–Crippen MR) is 66.7 cm³/mol. The van der Waals surface area contributed by atoms with Crippen LogP contribution in [0.25, 0.3) is 0 Å². The summed E-state index contributed by atoms with van der Waals surface area (Å²) in [5.74, 6) is 0.584. The van der Waals surface area contributed by atoms with Crippen molar-refractivity contribution < 1.29 is 9.13 Å². The van der Waals surface area contributed by atoms with Crippen LogP contribution >= 0.6 is 0 Å². The molecule has 2 aromatic carbocycles. The lowest BCUT2D eigenvalue weighted by Crippen LogP contribution is -2.01. The summed E-state index contributed by atoms with van der Waals surface area (Å²) in [6.45, 7) is 0.640. The number of para-hydroxylation sites is 2. The van der Waals surface area contributed by atoms with Gasteiger partial charge in [0.15, 0.2) is 0 Å². The van der Waals surface area contributed by atoms with Crippen LogP contribution in [0.1, 0.15) is 5.56 Å². The Labute approximate surface area is 100 Å². The van der Waals surface area contributed by atoms with Crippen LogP contribution in [-0.4, -0.2) is 7.11 Å². The van der Waals surface area contributed by atoms with Gasteiger partial charge in [0.05, 0.1) is 12.8 Å². The van der Waals surface area contributed by atoms with Crippen molar-refractivity contribution in [1.82, 2.24) is 0 Å². The van der Waals surface area contributed by atoms with Crippen LogP contribution in [0.2, 0.25) is 0 Å². The Morgan fingerprint density at radius 3 is 2.47 bits per heavy atom. The maximum absolute atomic E-state index is 12.7. The molecular weight excluding hydrogens is 217 g/mol. The summed E-state index contributed by atoms with van der Waals surface area (Å²) in [5.41, 5.74) is 1.96. The molecule has 0 saturated carbocycles. The van der Waals surface area contributed by atoms with Crippen LogP contribution < -0.4 is 10.1 Å². The van der Waals surface area contributed by atoms with Crippen LogP contribution in [0.5, 0.6) is 5.75 Å². The maximum atomic E-state index is 12.7. The standard InChI is InChI=1S/C14H14FNO/c1-17-14-5-3-2-4-13(14)16-10-11-6-8-12(15)9-7-11/h2-9,16H,10H2,1H3. The van der Waals surface area contributed by atoms with Gasteiger partial charge in [-0.1, -0.05) is 24.3 Å². The van der Waals surface area contributed by atoms with E-state index in [1.165, 1.54) is 12.1 Å². The topological polar surface area (TPSA) is 21.3 Å². The van der Waals surface area contributed by atoms with E-state index < -0.39 is 0 Å². The number of anilines is 1. The average molecular weight is 231 g/mol. The third-order valence-corrected chi connectivity index (χ3v) is 2.50. The number of hydrogen-bond donors (Lipinski definition) is 1. The van der Waals surface area contributed by atoms with Crippen molar-refractivity contribution in [2.75, 3.05) is 12.4 Å². The van der Waals surface area contributed by atoms with E-state index in [0.717, 1.165) is 17.0 Å². The summed E-state index contributed by atoms with van der Waals surface area (Å²) in [6, 6.07) is 14.1. The van der Waals surface area contributed by atoms with E-state index in [9.17, 15) is 4.39 Å². The molecule has 0 unspecified atom stereocenters. The highest BCUT2D eigenvalue weighted by molar-refractivity contribution is 5.56. The number of rotatable bonds is 4. The molecule has 88 valence electrons. The molecule has 2 nitrogen and oxygen atoms in total. The second-order valence-corrected chi connectivity index (χ2v) is 3.68. The first kappa shape index (κ1) is 11.5. The predicted octanol–water partition coefficient (Wildman–Crippen LogP) is 3.45. The summed E-state index contributed by atoms with van der Waals surface area (Å²) < 4.78 is 18.0. The minimum Gasteiger partial charge on any atom is -0.495 e. The van der Waals surface area contributed by atoms with Crippen molar-refractivity contribution in [3.05, 3.63) is 59.9 Å². The summed E-state index contributed by atoms with van der Waals surface area (Å²) in [5, 5.41) is 3.25. The van der Waals surface area contributed by atoms with Gasteiger partial charge in [0.1, 0.15) is 11.6 Å². The van der Waals surface area contributed by atoms with Gasteiger partial charge < -0.3 is 10.1 Å². The molecule has 1 N–H and O–H groups in total. The van der Waals surface area contributed by atoms with Gasteiger partial charge in [-0.05, 0) is 29.8 Å². The molecule has 0 fully saturated rings. The van der Waals surface area contributed by atoms with Crippen molar-refractivity contribution in [2.45, 2.75) is 6.54 Å². The van der Waals surface area contributed by atoms with Crippen LogP contribution in [0, 0.1) is 5.82 Å². The molecule has 0 aliphatic rings. The monoisotopic (exact) mass is 231 g/mol. The Hall–Kier alpha value is -2.03. The van der Waals surface area contributed by atoms with Crippen LogP contribution in [0.4, 0.5) is 10.1 Å². The van der Waals surface area contributed by atoms with Gasteiger partial charge in [-0.15, -0.1) is 0 Å². The number of nitrogens with one attached hydrogen (secondary N) is 1. The molecule has 17 heavy (non-hydrogen) atoms. The Morgan fingerprint density at radius 1 is 1.06 bits per heavy atom. The number of ether oxygens (including phenoxy) is 1.